The van der Waals surface area contributed by atoms with Crippen molar-refractivity contribution in [2.75, 3.05) is 0 Å². The van der Waals surface area contributed by atoms with Crippen LogP contribution in [-0.4, -0.2) is 27.1 Å². The second-order valence-corrected chi connectivity index (χ2v) is 7.58. The highest BCUT2D eigenvalue weighted by Gasteiger charge is 2.30. The van der Waals surface area contributed by atoms with Gasteiger partial charge < -0.3 is 5.32 Å². The molecular formula is C21H22N4O. The summed E-state index contributed by atoms with van der Waals surface area (Å²) >= 11 is 0. The maximum Gasteiger partial charge on any atom is 0.291 e. The predicted octanol–water partition coefficient (Wildman–Crippen LogP) is 3.44. The summed E-state index contributed by atoms with van der Waals surface area (Å²) in [6.45, 7) is 4.54. The number of hydrogen-bond acceptors (Lipinski definition) is 4. The second kappa shape index (κ2) is 6.48. The van der Waals surface area contributed by atoms with E-state index in [0.29, 0.717) is 11.0 Å². The third-order valence-corrected chi connectivity index (χ3v) is 5.23. The van der Waals surface area contributed by atoms with Crippen molar-refractivity contribution in [1.29, 1.82) is 0 Å². The molecule has 26 heavy (non-hydrogen) atoms. The second-order valence-electron chi connectivity index (χ2n) is 7.58. The molecule has 0 saturated heterocycles. The van der Waals surface area contributed by atoms with Crippen LogP contribution in [0.3, 0.4) is 0 Å². The molecule has 3 aromatic rings. The molecule has 1 N–H and O–H groups in total. The van der Waals surface area contributed by atoms with Gasteiger partial charge >= 0.3 is 0 Å². The van der Waals surface area contributed by atoms with Crippen LogP contribution in [0.4, 0.5) is 0 Å². The van der Waals surface area contributed by atoms with E-state index >= 15 is 0 Å². The van der Waals surface area contributed by atoms with Crippen molar-refractivity contribution in [2.24, 2.45) is 0 Å². The molecule has 0 aliphatic heterocycles. The number of benzene rings is 2. The van der Waals surface area contributed by atoms with E-state index in [-0.39, 0.29) is 23.2 Å². The van der Waals surface area contributed by atoms with Crippen molar-refractivity contribution in [3.8, 4) is 0 Å². The first-order valence-corrected chi connectivity index (χ1v) is 9.02. The lowest BCUT2D eigenvalue weighted by atomic mass is 9.80. The SMILES string of the molecule is CC1(C)CCC(NC(=O)c2nnc3ccccc3n2)Cc2ccccc21. The van der Waals surface area contributed by atoms with Crippen LogP contribution in [0, 0.1) is 0 Å². The Balaban J connectivity index is 1.56. The van der Waals surface area contributed by atoms with Gasteiger partial charge in [-0.3, -0.25) is 4.79 Å². The molecule has 4 rings (SSSR count). The van der Waals surface area contributed by atoms with E-state index in [1.54, 1.807) is 0 Å². The minimum Gasteiger partial charge on any atom is -0.346 e. The number of nitrogens with zero attached hydrogens (tertiary/aromatic N) is 3. The number of carbonyl (C=O) groups is 1. The summed E-state index contributed by atoms with van der Waals surface area (Å²) < 4.78 is 0. The van der Waals surface area contributed by atoms with E-state index in [1.807, 2.05) is 24.3 Å². The third-order valence-electron chi connectivity index (χ3n) is 5.23. The molecule has 1 aliphatic rings. The Bertz CT molecular complexity index is 967. The van der Waals surface area contributed by atoms with Gasteiger partial charge in [0, 0.05) is 6.04 Å². The van der Waals surface area contributed by atoms with E-state index in [0.717, 1.165) is 19.3 Å². The van der Waals surface area contributed by atoms with Gasteiger partial charge in [0.05, 0.1) is 5.52 Å². The highest BCUT2D eigenvalue weighted by Crippen LogP contribution is 2.35. The summed E-state index contributed by atoms with van der Waals surface area (Å²) in [6, 6.07) is 16.0. The largest absolute Gasteiger partial charge is 0.346 e. The Kier molecular flexibility index (Phi) is 4.15. The zero-order chi connectivity index (χ0) is 18.1. The van der Waals surface area contributed by atoms with Crippen molar-refractivity contribution >= 4 is 16.9 Å². The van der Waals surface area contributed by atoms with Crippen molar-refractivity contribution < 1.29 is 4.79 Å². The number of fused-ring (bicyclic) bond motifs is 2. The molecule has 1 heterocycles. The van der Waals surface area contributed by atoms with Gasteiger partial charge in [-0.2, -0.15) is 0 Å². The van der Waals surface area contributed by atoms with Gasteiger partial charge in [-0.15, -0.1) is 10.2 Å². The number of rotatable bonds is 2. The average Bonchev–Trinajstić information content (AvgIpc) is 2.78. The van der Waals surface area contributed by atoms with Crippen LogP contribution in [0.15, 0.2) is 48.5 Å². The third kappa shape index (κ3) is 3.17. The number of nitrogens with one attached hydrogen (secondary N) is 1. The lowest BCUT2D eigenvalue weighted by Crippen LogP contribution is -2.37. The molecule has 2 aromatic carbocycles. The first-order valence-electron chi connectivity index (χ1n) is 9.02. The molecule has 1 atom stereocenters. The summed E-state index contributed by atoms with van der Waals surface area (Å²) in [6.07, 6.45) is 2.77. The van der Waals surface area contributed by atoms with Crippen LogP contribution in [-0.2, 0) is 11.8 Å². The molecule has 1 aliphatic carbocycles. The molecule has 5 nitrogen and oxygen atoms in total. The Labute approximate surface area is 152 Å². The topological polar surface area (TPSA) is 67.8 Å². The van der Waals surface area contributed by atoms with Crippen molar-refractivity contribution in [3.63, 3.8) is 0 Å². The standard InChI is InChI=1S/C21H22N4O/c1-21(2)12-11-15(13-14-7-3-4-8-16(14)21)22-20(26)19-23-17-9-5-6-10-18(17)24-25-19/h3-10,15H,11-13H2,1-2H3,(H,22,26). The van der Waals surface area contributed by atoms with E-state index in [2.05, 4.69) is 58.6 Å². The first-order chi connectivity index (χ1) is 12.5. The molecule has 0 saturated carbocycles. The molecule has 0 fully saturated rings. The van der Waals surface area contributed by atoms with E-state index in [9.17, 15) is 4.79 Å². The maximum atomic E-state index is 12.7. The number of aromatic nitrogens is 3. The monoisotopic (exact) mass is 346 g/mol. The fourth-order valence-corrected chi connectivity index (χ4v) is 3.75. The molecule has 5 heteroatoms. The van der Waals surface area contributed by atoms with Crippen molar-refractivity contribution in [3.05, 3.63) is 65.5 Å². The zero-order valence-corrected chi connectivity index (χ0v) is 15.1. The lowest BCUT2D eigenvalue weighted by Gasteiger charge is -2.25. The quantitative estimate of drug-likeness (QED) is 0.722. The van der Waals surface area contributed by atoms with Crippen LogP contribution in [0.25, 0.3) is 11.0 Å². The molecule has 0 spiro atoms. The molecule has 0 bridgehead atoms. The van der Waals surface area contributed by atoms with Gasteiger partial charge in [0.25, 0.3) is 5.91 Å². The molecule has 132 valence electrons. The molecule has 1 aromatic heterocycles. The Morgan fingerprint density at radius 2 is 1.77 bits per heavy atom. The van der Waals surface area contributed by atoms with Crippen LogP contribution in [0.5, 0.6) is 0 Å². The first kappa shape index (κ1) is 16.6. The minimum absolute atomic E-state index is 0.0699. The normalized spacial score (nSPS) is 18.8. The number of para-hydroxylation sites is 1. The molecular weight excluding hydrogens is 324 g/mol. The van der Waals surface area contributed by atoms with E-state index in [1.165, 1.54) is 11.1 Å². The molecule has 0 radical (unpaired) electrons. The van der Waals surface area contributed by atoms with Crippen LogP contribution < -0.4 is 5.32 Å². The zero-order valence-electron chi connectivity index (χ0n) is 15.1. The van der Waals surface area contributed by atoms with Crippen molar-refractivity contribution in [2.45, 2.75) is 44.6 Å². The maximum absolute atomic E-state index is 12.7. The molecule has 1 unspecified atom stereocenters. The van der Waals surface area contributed by atoms with Gasteiger partial charge in [-0.25, -0.2) is 4.98 Å². The van der Waals surface area contributed by atoms with Gasteiger partial charge in [-0.05, 0) is 47.9 Å². The fraction of sp³-hybridized carbons (Fsp3) is 0.333. The number of carbonyl (C=O) groups excluding carboxylic acids is 1. The highest BCUT2D eigenvalue weighted by molar-refractivity contribution is 5.92. The van der Waals surface area contributed by atoms with E-state index in [4.69, 9.17) is 0 Å². The van der Waals surface area contributed by atoms with Gasteiger partial charge in [-0.1, -0.05) is 50.2 Å². The van der Waals surface area contributed by atoms with Crippen molar-refractivity contribution in [1.82, 2.24) is 20.5 Å². The van der Waals surface area contributed by atoms with Gasteiger partial charge in [0.2, 0.25) is 5.82 Å². The lowest BCUT2D eigenvalue weighted by molar-refractivity contribution is 0.0922. The average molecular weight is 346 g/mol. The smallest absolute Gasteiger partial charge is 0.291 e. The molecule has 1 amide bonds. The Morgan fingerprint density at radius 1 is 1.04 bits per heavy atom. The summed E-state index contributed by atoms with van der Waals surface area (Å²) in [5.74, 6) is -0.133. The van der Waals surface area contributed by atoms with Gasteiger partial charge in [0.1, 0.15) is 5.52 Å². The van der Waals surface area contributed by atoms with Crippen LogP contribution in [0.1, 0.15) is 48.4 Å². The number of hydrogen-bond donors (Lipinski definition) is 1. The summed E-state index contributed by atoms with van der Waals surface area (Å²) in [5.41, 5.74) is 4.16. The highest BCUT2D eigenvalue weighted by atomic mass is 16.2. The van der Waals surface area contributed by atoms with E-state index < -0.39 is 0 Å². The summed E-state index contributed by atoms with van der Waals surface area (Å²) in [7, 11) is 0. The fourth-order valence-electron chi connectivity index (χ4n) is 3.75. The Hall–Kier alpha value is -2.82. The summed E-state index contributed by atoms with van der Waals surface area (Å²) in [4.78, 5) is 17.0. The summed E-state index contributed by atoms with van der Waals surface area (Å²) in [5, 5.41) is 11.2. The van der Waals surface area contributed by atoms with Crippen LogP contribution in [0.2, 0.25) is 0 Å². The Morgan fingerprint density at radius 3 is 2.62 bits per heavy atom. The van der Waals surface area contributed by atoms with Gasteiger partial charge in [0.15, 0.2) is 0 Å². The van der Waals surface area contributed by atoms with Crippen LogP contribution >= 0.6 is 0 Å². The predicted molar refractivity (Wildman–Crippen MR) is 101 cm³/mol. The minimum atomic E-state index is -0.259. The number of amides is 1.